The molecule has 2 aliphatic rings. The molecule has 0 aliphatic heterocycles. The van der Waals surface area contributed by atoms with Gasteiger partial charge in [0.05, 0.1) is 5.69 Å². The molecule has 3 aromatic heterocycles. The predicted octanol–water partition coefficient (Wildman–Crippen LogP) is 3.31. The number of H-pyrrole nitrogens is 1. The monoisotopic (exact) mass is 419 g/mol. The lowest BCUT2D eigenvalue weighted by atomic mass is 9.80. The molecule has 1 amide bonds. The number of carbonyl (C=O) groups is 1. The normalized spacial score (nSPS) is 21.1. The van der Waals surface area contributed by atoms with Gasteiger partial charge < -0.3 is 10.3 Å². The average Bonchev–Trinajstić information content (AvgIpc) is 3.17. The molecule has 31 heavy (non-hydrogen) atoms. The molecule has 0 unspecified atom stereocenters. The second-order valence-electron chi connectivity index (χ2n) is 9.08. The molecular weight excluding hydrogens is 390 g/mol. The SMILES string of the molecule is Cc1cc2nccc(C3CCC(CNC(=O)c4cc5c([nH]c4=O)CCCC5)CC3)n2n1. The van der Waals surface area contributed by atoms with Crippen molar-refractivity contribution in [3.63, 3.8) is 0 Å². The summed E-state index contributed by atoms with van der Waals surface area (Å²) < 4.78 is 1.98. The highest BCUT2D eigenvalue weighted by molar-refractivity contribution is 5.94. The number of hydrogen-bond acceptors (Lipinski definition) is 4. The van der Waals surface area contributed by atoms with Gasteiger partial charge in [-0.05, 0) is 81.9 Å². The van der Waals surface area contributed by atoms with Crippen molar-refractivity contribution >= 4 is 11.6 Å². The van der Waals surface area contributed by atoms with Crippen LogP contribution in [-0.4, -0.2) is 32.0 Å². The summed E-state index contributed by atoms with van der Waals surface area (Å²) in [4.78, 5) is 32.4. The van der Waals surface area contributed by atoms with Gasteiger partial charge in [-0.2, -0.15) is 5.10 Å². The van der Waals surface area contributed by atoms with E-state index in [1.807, 2.05) is 23.7 Å². The van der Waals surface area contributed by atoms with Crippen molar-refractivity contribution in [1.82, 2.24) is 24.9 Å². The van der Waals surface area contributed by atoms with Gasteiger partial charge in [0.1, 0.15) is 5.56 Å². The lowest BCUT2D eigenvalue weighted by Crippen LogP contribution is -2.35. The van der Waals surface area contributed by atoms with Gasteiger partial charge in [-0.25, -0.2) is 9.50 Å². The number of aromatic nitrogens is 4. The Morgan fingerprint density at radius 3 is 2.84 bits per heavy atom. The molecule has 0 spiro atoms. The zero-order chi connectivity index (χ0) is 21.4. The molecule has 5 rings (SSSR count). The Bertz CT molecular complexity index is 1170. The maximum atomic E-state index is 12.7. The molecule has 0 bridgehead atoms. The zero-order valence-corrected chi connectivity index (χ0v) is 18.0. The van der Waals surface area contributed by atoms with E-state index in [-0.39, 0.29) is 17.0 Å². The van der Waals surface area contributed by atoms with Gasteiger partial charge in [-0.15, -0.1) is 0 Å². The molecule has 2 aliphatic carbocycles. The Morgan fingerprint density at radius 1 is 1.19 bits per heavy atom. The summed E-state index contributed by atoms with van der Waals surface area (Å²) in [6.07, 6.45) is 10.2. The number of pyridine rings is 1. The molecule has 7 heteroatoms. The van der Waals surface area contributed by atoms with E-state index in [9.17, 15) is 9.59 Å². The zero-order valence-electron chi connectivity index (χ0n) is 18.0. The largest absolute Gasteiger partial charge is 0.352 e. The number of aryl methyl sites for hydroxylation is 3. The van der Waals surface area contributed by atoms with E-state index in [0.29, 0.717) is 18.4 Å². The number of hydrogen-bond donors (Lipinski definition) is 2. The molecule has 0 atom stereocenters. The predicted molar refractivity (Wildman–Crippen MR) is 118 cm³/mol. The molecule has 162 valence electrons. The number of aromatic amines is 1. The average molecular weight is 420 g/mol. The first-order valence-electron chi connectivity index (χ1n) is 11.4. The fraction of sp³-hybridized carbons (Fsp3) is 0.500. The molecule has 0 saturated heterocycles. The van der Waals surface area contributed by atoms with Gasteiger partial charge >= 0.3 is 0 Å². The Morgan fingerprint density at radius 2 is 2.00 bits per heavy atom. The summed E-state index contributed by atoms with van der Waals surface area (Å²) in [5.74, 6) is 0.647. The molecule has 7 nitrogen and oxygen atoms in total. The fourth-order valence-corrected chi connectivity index (χ4v) is 5.18. The summed E-state index contributed by atoms with van der Waals surface area (Å²) in [5.41, 5.74) is 5.22. The van der Waals surface area contributed by atoms with E-state index in [0.717, 1.165) is 74.0 Å². The quantitative estimate of drug-likeness (QED) is 0.679. The van der Waals surface area contributed by atoms with Crippen LogP contribution in [0.3, 0.4) is 0 Å². The Hall–Kier alpha value is -2.96. The standard InChI is InChI=1S/C24H29N5O2/c1-15-12-22-25-11-10-21(29(22)28-15)17-8-6-16(7-9-17)14-26-23(30)19-13-18-4-2-3-5-20(18)27-24(19)31/h10-13,16-17H,2-9,14H2,1H3,(H,26,30)(H,27,31). The van der Waals surface area contributed by atoms with Gasteiger partial charge in [0, 0.05) is 36.1 Å². The number of amides is 1. The summed E-state index contributed by atoms with van der Waals surface area (Å²) in [6.45, 7) is 2.61. The van der Waals surface area contributed by atoms with Crippen LogP contribution >= 0.6 is 0 Å². The smallest absolute Gasteiger partial charge is 0.261 e. The van der Waals surface area contributed by atoms with E-state index >= 15 is 0 Å². The van der Waals surface area contributed by atoms with Crippen molar-refractivity contribution in [2.75, 3.05) is 6.54 Å². The summed E-state index contributed by atoms with van der Waals surface area (Å²) in [6, 6.07) is 5.89. The first-order chi connectivity index (χ1) is 15.1. The summed E-state index contributed by atoms with van der Waals surface area (Å²) in [5, 5.41) is 7.62. The third kappa shape index (κ3) is 4.01. The van der Waals surface area contributed by atoms with Crippen LogP contribution in [0, 0.1) is 12.8 Å². The molecule has 0 aromatic carbocycles. The highest BCUT2D eigenvalue weighted by Gasteiger charge is 2.25. The minimum atomic E-state index is -0.266. The van der Waals surface area contributed by atoms with Crippen molar-refractivity contribution < 1.29 is 4.79 Å². The van der Waals surface area contributed by atoms with Crippen LogP contribution in [0.5, 0.6) is 0 Å². The van der Waals surface area contributed by atoms with Crippen molar-refractivity contribution in [2.45, 2.75) is 64.2 Å². The number of carbonyl (C=O) groups excluding carboxylic acids is 1. The van der Waals surface area contributed by atoms with E-state index in [1.165, 1.54) is 5.69 Å². The fourth-order valence-electron chi connectivity index (χ4n) is 5.18. The van der Waals surface area contributed by atoms with Crippen LogP contribution in [0.4, 0.5) is 0 Å². The molecule has 1 saturated carbocycles. The lowest BCUT2D eigenvalue weighted by Gasteiger charge is -2.29. The second-order valence-corrected chi connectivity index (χ2v) is 9.08. The van der Waals surface area contributed by atoms with Gasteiger partial charge in [0.15, 0.2) is 5.65 Å². The van der Waals surface area contributed by atoms with E-state index in [1.54, 1.807) is 6.07 Å². The minimum Gasteiger partial charge on any atom is -0.352 e. The molecule has 3 aromatic rings. The minimum absolute atomic E-state index is 0.250. The van der Waals surface area contributed by atoms with Crippen LogP contribution in [0.1, 0.15) is 77.4 Å². The molecule has 3 heterocycles. The third-order valence-electron chi connectivity index (χ3n) is 6.91. The maximum absolute atomic E-state index is 12.7. The Kier molecular flexibility index (Phi) is 5.34. The third-order valence-corrected chi connectivity index (χ3v) is 6.91. The van der Waals surface area contributed by atoms with Gasteiger partial charge in [0.25, 0.3) is 11.5 Å². The molecular formula is C24H29N5O2. The second kappa shape index (κ2) is 8.29. The van der Waals surface area contributed by atoms with Crippen molar-refractivity contribution in [3.8, 4) is 0 Å². The van der Waals surface area contributed by atoms with Crippen molar-refractivity contribution in [2.24, 2.45) is 5.92 Å². The van der Waals surface area contributed by atoms with Gasteiger partial charge in [-0.1, -0.05) is 0 Å². The van der Waals surface area contributed by atoms with Crippen LogP contribution in [0.15, 0.2) is 29.2 Å². The van der Waals surface area contributed by atoms with Crippen LogP contribution in [-0.2, 0) is 12.8 Å². The molecule has 2 N–H and O–H groups in total. The van der Waals surface area contributed by atoms with Gasteiger partial charge in [-0.3, -0.25) is 9.59 Å². The lowest BCUT2D eigenvalue weighted by molar-refractivity contribution is 0.0941. The number of nitrogens with one attached hydrogen (secondary N) is 2. The van der Waals surface area contributed by atoms with Crippen molar-refractivity contribution in [3.05, 3.63) is 63.0 Å². The first-order valence-corrected chi connectivity index (χ1v) is 11.4. The molecule has 0 radical (unpaired) electrons. The Labute approximate surface area is 181 Å². The Balaban J connectivity index is 1.20. The number of rotatable bonds is 4. The number of fused-ring (bicyclic) bond motifs is 2. The van der Waals surface area contributed by atoms with Crippen LogP contribution in [0.2, 0.25) is 0 Å². The van der Waals surface area contributed by atoms with E-state index in [4.69, 9.17) is 0 Å². The summed E-state index contributed by atoms with van der Waals surface area (Å²) in [7, 11) is 0. The van der Waals surface area contributed by atoms with Crippen LogP contribution in [0.25, 0.3) is 5.65 Å². The van der Waals surface area contributed by atoms with Crippen LogP contribution < -0.4 is 10.9 Å². The molecule has 1 fully saturated rings. The summed E-state index contributed by atoms with van der Waals surface area (Å²) >= 11 is 0. The topological polar surface area (TPSA) is 92.1 Å². The van der Waals surface area contributed by atoms with Gasteiger partial charge in [0.2, 0.25) is 0 Å². The maximum Gasteiger partial charge on any atom is 0.261 e. The van der Waals surface area contributed by atoms with Crippen molar-refractivity contribution in [1.29, 1.82) is 0 Å². The van der Waals surface area contributed by atoms with E-state index < -0.39 is 0 Å². The number of nitrogens with zero attached hydrogens (tertiary/aromatic N) is 3. The van der Waals surface area contributed by atoms with E-state index in [2.05, 4.69) is 26.4 Å². The highest BCUT2D eigenvalue weighted by Crippen LogP contribution is 2.35. The first kappa shape index (κ1) is 20.0. The highest BCUT2D eigenvalue weighted by atomic mass is 16.2.